The molecule has 6 aromatic carbocycles. The van der Waals surface area contributed by atoms with Crippen LogP contribution in [0.3, 0.4) is 0 Å². The van der Waals surface area contributed by atoms with E-state index in [1.54, 1.807) is 9.44 Å². The number of carbonyl (C=O) groups is 1. The number of amides is 2. The molecule has 8 N–H and O–H groups in total. The molecule has 0 fully saturated rings. The lowest BCUT2D eigenvalue weighted by atomic mass is 10.1. The normalized spacial score (nSPS) is 12.4. The zero-order valence-corrected chi connectivity index (χ0v) is 32.1. The molecule has 0 radical (unpaired) electrons. The van der Waals surface area contributed by atoms with E-state index in [1.807, 2.05) is 0 Å². The Morgan fingerprint density at radius 2 is 0.857 bits per heavy atom. The fourth-order valence-electron chi connectivity index (χ4n) is 6.02. The van der Waals surface area contributed by atoms with Gasteiger partial charge in [-0.1, -0.05) is 36.4 Å². The van der Waals surface area contributed by atoms with Gasteiger partial charge in [-0.05, 0) is 85.6 Å². The average Bonchev–Trinajstić information content (AvgIpc) is 3.09. The predicted molar refractivity (Wildman–Crippen MR) is 206 cm³/mol. The minimum Gasteiger partial charge on any atom is -0.505 e. The number of aromatic hydroxyl groups is 2. The van der Waals surface area contributed by atoms with Gasteiger partial charge in [0.15, 0.2) is 0 Å². The SMILES string of the molecule is Cc1cc(Nc2ccc3c(S(=O)(=O)O)cccc3c2O)ccc1S(=O)(=O)NC(=O)NS(=O)(=O)c1ccc(Nc2ccc3c(S(=O)(=O)O)cccc3c2O)cc1C. The molecule has 0 aliphatic heterocycles. The summed E-state index contributed by atoms with van der Waals surface area (Å²) < 4.78 is 122. The van der Waals surface area contributed by atoms with Crippen LogP contribution in [-0.4, -0.2) is 59.0 Å². The number of benzene rings is 6. The Morgan fingerprint density at radius 1 is 0.482 bits per heavy atom. The number of carbonyl (C=O) groups excluding carboxylic acids is 1. The van der Waals surface area contributed by atoms with Gasteiger partial charge in [0.2, 0.25) is 0 Å². The summed E-state index contributed by atoms with van der Waals surface area (Å²) in [5, 5.41) is 27.8. The van der Waals surface area contributed by atoms with Gasteiger partial charge in [0, 0.05) is 32.9 Å². The molecular formula is C35H30N4O13S4. The number of sulfonamides is 2. The monoisotopic (exact) mass is 842 g/mol. The number of nitrogens with one attached hydrogen (secondary N) is 4. The number of aryl methyl sites for hydroxylation is 2. The van der Waals surface area contributed by atoms with Crippen LogP contribution in [0.5, 0.6) is 11.5 Å². The van der Waals surface area contributed by atoms with E-state index in [4.69, 9.17) is 0 Å². The van der Waals surface area contributed by atoms with E-state index in [2.05, 4.69) is 10.6 Å². The molecule has 0 unspecified atom stereocenters. The van der Waals surface area contributed by atoms with Crippen molar-refractivity contribution in [3.63, 3.8) is 0 Å². The summed E-state index contributed by atoms with van der Waals surface area (Å²) in [6.45, 7) is 2.81. The first-order valence-corrected chi connectivity index (χ1v) is 21.7. The summed E-state index contributed by atoms with van der Waals surface area (Å²) in [6, 6.07) is 19.4. The maximum atomic E-state index is 13.2. The Balaban J connectivity index is 1.15. The molecule has 6 rings (SSSR count). The standard InChI is InChI=1S/C35H30N4O13S4/c1-19-17-21(36-27-13-11-23-25(33(27)40)5-3-7-31(23)55(47,48)49)9-15-29(19)53(43,44)38-35(42)39-54(45,46)30-16-10-22(18-20(30)2)37-28-14-12-24-26(34(28)41)6-4-8-32(24)56(50,51)52/h3-18,36-37,40-41H,1-2H3,(H2,38,39,42)(H,47,48,49)(H,50,51,52). The van der Waals surface area contributed by atoms with E-state index >= 15 is 0 Å². The second kappa shape index (κ2) is 14.3. The van der Waals surface area contributed by atoms with Gasteiger partial charge in [-0.15, -0.1) is 0 Å². The van der Waals surface area contributed by atoms with Crippen LogP contribution >= 0.6 is 0 Å². The van der Waals surface area contributed by atoms with Crippen LogP contribution in [0.4, 0.5) is 27.5 Å². The molecule has 21 heteroatoms. The third-order valence-corrected chi connectivity index (χ3v) is 13.3. The Bertz CT molecular complexity index is 2880. The minimum absolute atomic E-state index is 0.0623. The fraction of sp³-hybridized carbons (Fsp3) is 0.0571. The highest BCUT2D eigenvalue weighted by Gasteiger charge is 2.26. The zero-order valence-electron chi connectivity index (χ0n) is 28.8. The van der Waals surface area contributed by atoms with Gasteiger partial charge in [0.25, 0.3) is 40.3 Å². The number of phenolic OH excluding ortho intramolecular Hbond substituents is 2. The molecule has 0 spiro atoms. The lowest BCUT2D eigenvalue weighted by Gasteiger charge is -2.15. The molecule has 0 saturated heterocycles. The fourth-order valence-corrected chi connectivity index (χ4v) is 9.77. The Labute approximate surface area is 320 Å². The molecule has 0 aromatic heterocycles. The van der Waals surface area contributed by atoms with Gasteiger partial charge in [-0.3, -0.25) is 9.11 Å². The van der Waals surface area contributed by atoms with Crippen LogP contribution in [0.15, 0.2) is 117 Å². The smallest absolute Gasteiger partial charge is 0.342 e. The molecule has 292 valence electrons. The van der Waals surface area contributed by atoms with Crippen LogP contribution in [-0.2, 0) is 40.3 Å². The van der Waals surface area contributed by atoms with Gasteiger partial charge in [-0.25, -0.2) is 31.1 Å². The summed E-state index contributed by atoms with van der Waals surface area (Å²) in [5.74, 6) is -0.710. The zero-order chi connectivity index (χ0) is 41.0. The van der Waals surface area contributed by atoms with Gasteiger partial charge < -0.3 is 20.8 Å². The van der Waals surface area contributed by atoms with Gasteiger partial charge in [0.05, 0.1) is 21.2 Å². The van der Waals surface area contributed by atoms with E-state index in [1.165, 1.54) is 98.8 Å². The molecule has 56 heavy (non-hydrogen) atoms. The van der Waals surface area contributed by atoms with Gasteiger partial charge >= 0.3 is 6.03 Å². The van der Waals surface area contributed by atoms with Crippen LogP contribution in [0.25, 0.3) is 21.5 Å². The van der Waals surface area contributed by atoms with E-state index < -0.39 is 56.1 Å². The molecule has 0 atom stereocenters. The predicted octanol–water partition coefficient (Wildman–Crippen LogP) is 5.38. The van der Waals surface area contributed by atoms with E-state index in [0.29, 0.717) is 0 Å². The molecule has 0 saturated carbocycles. The Hall–Kier alpha value is -5.97. The van der Waals surface area contributed by atoms with E-state index in [9.17, 15) is 57.8 Å². The van der Waals surface area contributed by atoms with Crippen LogP contribution in [0.2, 0.25) is 0 Å². The van der Waals surface area contributed by atoms with Crippen LogP contribution < -0.4 is 20.1 Å². The lowest BCUT2D eigenvalue weighted by molar-refractivity contribution is 0.250. The van der Waals surface area contributed by atoms with Gasteiger partial charge in [0.1, 0.15) is 21.3 Å². The van der Waals surface area contributed by atoms with Gasteiger partial charge in [-0.2, -0.15) is 16.8 Å². The number of hydrogen-bond donors (Lipinski definition) is 8. The van der Waals surface area contributed by atoms with Crippen molar-refractivity contribution in [2.75, 3.05) is 10.6 Å². The van der Waals surface area contributed by atoms with Crippen LogP contribution in [0, 0.1) is 13.8 Å². The molecule has 0 bridgehead atoms. The van der Waals surface area contributed by atoms with E-state index in [0.717, 1.165) is 12.1 Å². The van der Waals surface area contributed by atoms with Crippen molar-refractivity contribution in [3.8, 4) is 11.5 Å². The van der Waals surface area contributed by atoms with Crippen molar-refractivity contribution in [1.82, 2.24) is 9.44 Å². The topological polar surface area (TPSA) is 283 Å². The maximum absolute atomic E-state index is 13.2. The largest absolute Gasteiger partial charge is 0.505 e. The lowest BCUT2D eigenvalue weighted by Crippen LogP contribution is -2.42. The highest BCUT2D eigenvalue weighted by molar-refractivity contribution is 7.91. The highest BCUT2D eigenvalue weighted by atomic mass is 32.2. The molecular weight excluding hydrogens is 813 g/mol. The first-order valence-electron chi connectivity index (χ1n) is 15.9. The Kier molecular flexibility index (Phi) is 10.1. The summed E-state index contributed by atoms with van der Waals surface area (Å²) in [5.41, 5.74) is 1.02. The average molecular weight is 843 g/mol. The van der Waals surface area contributed by atoms with Crippen molar-refractivity contribution in [3.05, 3.63) is 108 Å². The summed E-state index contributed by atoms with van der Waals surface area (Å²) in [4.78, 5) is 11.2. The minimum atomic E-state index is -4.64. The number of fused-ring (bicyclic) bond motifs is 2. The van der Waals surface area contributed by atoms with Crippen molar-refractivity contribution in [1.29, 1.82) is 0 Å². The summed E-state index contributed by atoms with van der Waals surface area (Å²) >= 11 is 0. The number of rotatable bonds is 10. The number of urea groups is 1. The highest BCUT2D eigenvalue weighted by Crippen LogP contribution is 2.39. The molecule has 2 amide bonds. The second-order valence-corrected chi connectivity index (χ2v) is 18.4. The van der Waals surface area contributed by atoms with Crippen molar-refractivity contribution in [2.45, 2.75) is 33.4 Å². The van der Waals surface area contributed by atoms with E-state index in [-0.39, 0.29) is 76.7 Å². The Morgan fingerprint density at radius 3 is 1.20 bits per heavy atom. The maximum Gasteiger partial charge on any atom is 0.342 e. The van der Waals surface area contributed by atoms with Crippen molar-refractivity contribution >= 4 is 90.6 Å². The summed E-state index contributed by atoms with van der Waals surface area (Å²) in [6.07, 6.45) is 0. The number of phenols is 2. The first-order chi connectivity index (χ1) is 26.1. The van der Waals surface area contributed by atoms with Crippen LogP contribution in [0.1, 0.15) is 11.1 Å². The molecule has 17 nitrogen and oxygen atoms in total. The number of anilines is 4. The number of hydrogen-bond acceptors (Lipinski definition) is 13. The second-order valence-electron chi connectivity index (χ2n) is 12.3. The first kappa shape index (κ1) is 39.7. The van der Waals surface area contributed by atoms with Crippen molar-refractivity contribution in [2.24, 2.45) is 0 Å². The summed E-state index contributed by atoms with van der Waals surface area (Å²) in [7, 11) is -18.4. The molecule has 6 aromatic rings. The molecule has 0 aliphatic rings. The third-order valence-electron chi connectivity index (χ3n) is 8.48. The van der Waals surface area contributed by atoms with Crippen molar-refractivity contribution < 1.29 is 57.8 Å². The molecule has 0 aliphatic carbocycles. The molecule has 0 heterocycles. The third kappa shape index (κ3) is 7.89. The quantitative estimate of drug-likeness (QED) is 0.0635.